The molecule has 166 valence electrons. The molecule has 0 atom stereocenters. The summed E-state index contributed by atoms with van der Waals surface area (Å²) in [6.07, 6.45) is 1.92. The Hall–Kier alpha value is -3.45. The average molecular weight is 457 g/mol. The predicted molar refractivity (Wildman–Crippen MR) is 119 cm³/mol. The van der Waals surface area contributed by atoms with Crippen molar-refractivity contribution in [3.05, 3.63) is 82.4 Å². The molecule has 0 saturated heterocycles. The lowest BCUT2D eigenvalue weighted by molar-refractivity contribution is -0.154. The second-order valence-corrected chi connectivity index (χ2v) is 7.30. The zero-order chi connectivity index (χ0) is 23.1. The van der Waals surface area contributed by atoms with Gasteiger partial charge in [-0.15, -0.1) is 0 Å². The Balaban J connectivity index is 1.75. The van der Waals surface area contributed by atoms with E-state index in [0.29, 0.717) is 39.6 Å². The van der Waals surface area contributed by atoms with Crippen LogP contribution in [0.15, 0.2) is 54.7 Å². The van der Waals surface area contributed by atoms with E-state index in [2.05, 4.69) is 15.0 Å². The molecule has 0 spiro atoms. The highest BCUT2D eigenvalue weighted by Crippen LogP contribution is 2.36. The number of hydrogen-bond donors (Lipinski definition) is 1. The van der Waals surface area contributed by atoms with Crippen molar-refractivity contribution in [3.63, 3.8) is 0 Å². The van der Waals surface area contributed by atoms with E-state index < -0.39 is 17.7 Å². The standard InChI is InChI=1S/C24H22ClFN2O4/c1-3-32-24(30)23(29)28-14-19-9-7-15(13-27-19)11-17-8-10-20(31-2)21(22(17)26)16-5-4-6-18(25)12-16/h4-10,12-13H,3,11,14H2,1-2H3,(H,28,29). The zero-order valence-electron chi connectivity index (χ0n) is 17.7. The Bertz CT molecular complexity index is 1120. The van der Waals surface area contributed by atoms with E-state index in [9.17, 15) is 9.59 Å². The van der Waals surface area contributed by atoms with E-state index in [1.165, 1.54) is 7.11 Å². The first-order valence-electron chi connectivity index (χ1n) is 9.93. The third kappa shape index (κ3) is 5.62. The van der Waals surface area contributed by atoms with Crippen LogP contribution in [0.4, 0.5) is 4.39 Å². The van der Waals surface area contributed by atoms with Crippen LogP contribution in [0.2, 0.25) is 5.02 Å². The molecule has 6 nitrogen and oxygen atoms in total. The first-order chi connectivity index (χ1) is 15.4. The van der Waals surface area contributed by atoms with Crippen LogP contribution in [0.5, 0.6) is 5.75 Å². The summed E-state index contributed by atoms with van der Waals surface area (Å²) in [5, 5.41) is 2.95. The van der Waals surface area contributed by atoms with E-state index in [0.717, 1.165) is 5.56 Å². The van der Waals surface area contributed by atoms with Gasteiger partial charge in [0.25, 0.3) is 0 Å². The monoisotopic (exact) mass is 456 g/mol. The third-order valence-electron chi connectivity index (χ3n) is 4.69. The number of halogens is 2. The zero-order valence-corrected chi connectivity index (χ0v) is 18.4. The van der Waals surface area contributed by atoms with E-state index in [1.807, 2.05) is 0 Å². The first kappa shape index (κ1) is 23.2. The molecule has 0 fully saturated rings. The fourth-order valence-corrected chi connectivity index (χ4v) is 3.34. The molecule has 3 rings (SSSR count). The summed E-state index contributed by atoms with van der Waals surface area (Å²) in [6.45, 7) is 1.82. The average Bonchev–Trinajstić information content (AvgIpc) is 2.79. The van der Waals surface area contributed by atoms with Crippen LogP contribution >= 0.6 is 11.6 Å². The van der Waals surface area contributed by atoms with Crippen LogP contribution < -0.4 is 10.1 Å². The number of nitrogens with zero attached hydrogens (tertiary/aromatic N) is 1. The number of nitrogens with one attached hydrogen (secondary N) is 1. The van der Waals surface area contributed by atoms with Gasteiger partial charge in [-0.05, 0) is 47.9 Å². The fraction of sp³-hybridized carbons (Fsp3) is 0.208. The first-order valence-corrected chi connectivity index (χ1v) is 10.3. The van der Waals surface area contributed by atoms with Crippen LogP contribution in [0.1, 0.15) is 23.7 Å². The SMILES string of the molecule is CCOC(=O)C(=O)NCc1ccc(Cc2ccc(OC)c(-c3cccc(Cl)c3)c2F)cn1. The van der Waals surface area contributed by atoms with E-state index in [-0.39, 0.29) is 13.2 Å². The molecule has 0 unspecified atom stereocenters. The molecular formula is C24H22ClFN2O4. The van der Waals surface area contributed by atoms with Gasteiger partial charge < -0.3 is 14.8 Å². The normalized spacial score (nSPS) is 10.5. The molecule has 8 heteroatoms. The molecule has 0 aliphatic rings. The highest BCUT2D eigenvalue weighted by molar-refractivity contribution is 6.32. The molecule has 1 aromatic heterocycles. The molecule has 0 radical (unpaired) electrons. The van der Waals surface area contributed by atoms with Crippen molar-refractivity contribution in [2.45, 2.75) is 19.9 Å². The van der Waals surface area contributed by atoms with Crippen LogP contribution in [-0.2, 0) is 27.3 Å². The second-order valence-electron chi connectivity index (χ2n) is 6.86. The Morgan fingerprint density at radius 2 is 1.97 bits per heavy atom. The lowest BCUT2D eigenvalue weighted by Crippen LogP contribution is -2.32. The van der Waals surface area contributed by atoms with Gasteiger partial charge in [-0.2, -0.15) is 0 Å². The fourth-order valence-electron chi connectivity index (χ4n) is 3.14. The number of amides is 1. The van der Waals surface area contributed by atoms with Gasteiger partial charge in [-0.1, -0.05) is 35.9 Å². The van der Waals surface area contributed by atoms with Gasteiger partial charge in [-0.25, -0.2) is 9.18 Å². The third-order valence-corrected chi connectivity index (χ3v) is 4.92. The summed E-state index contributed by atoms with van der Waals surface area (Å²) in [5.41, 5.74) is 2.79. The van der Waals surface area contributed by atoms with Gasteiger partial charge in [0.05, 0.1) is 31.5 Å². The summed E-state index contributed by atoms with van der Waals surface area (Å²) in [6, 6.07) is 13.8. The molecule has 0 aliphatic heterocycles. The molecule has 1 heterocycles. The molecule has 2 aromatic carbocycles. The van der Waals surface area contributed by atoms with Gasteiger partial charge in [0, 0.05) is 17.6 Å². The molecule has 32 heavy (non-hydrogen) atoms. The molecule has 1 N–H and O–H groups in total. The number of hydrogen-bond acceptors (Lipinski definition) is 5. The maximum atomic E-state index is 15.4. The van der Waals surface area contributed by atoms with Crippen LogP contribution in [-0.4, -0.2) is 30.6 Å². The van der Waals surface area contributed by atoms with Crippen molar-refractivity contribution in [1.29, 1.82) is 0 Å². The van der Waals surface area contributed by atoms with Crippen LogP contribution in [0.3, 0.4) is 0 Å². The number of rotatable bonds is 7. The van der Waals surface area contributed by atoms with Gasteiger partial charge in [0.15, 0.2) is 0 Å². The van der Waals surface area contributed by atoms with Crippen molar-refractivity contribution in [2.75, 3.05) is 13.7 Å². The maximum absolute atomic E-state index is 15.4. The smallest absolute Gasteiger partial charge is 0.396 e. The van der Waals surface area contributed by atoms with Gasteiger partial charge >= 0.3 is 11.9 Å². The quantitative estimate of drug-likeness (QED) is 0.423. The number of carbonyl (C=O) groups is 2. The molecular weight excluding hydrogens is 435 g/mol. The Morgan fingerprint density at radius 1 is 1.16 bits per heavy atom. The topological polar surface area (TPSA) is 77.5 Å². The summed E-state index contributed by atoms with van der Waals surface area (Å²) in [7, 11) is 1.49. The van der Waals surface area contributed by atoms with E-state index >= 15 is 4.39 Å². The molecule has 0 aliphatic carbocycles. The number of esters is 1. The molecule has 1 amide bonds. The second kappa shape index (κ2) is 10.7. The number of pyridine rings is 1. The van der Waals surface area contributed by atoms with Crippen molar-refractivity contribution >= 4 is 23.5 Å². The number of aromatic nitrogens is 1. The van der Waals surface area contributed by atoms with Crippen molar-refractivity contribution in [3.8, 4) is 16.9 Å². The van der Waals surface area contributed by atoms with Crippen molar-refractivity contribution < 1.29 is 23.5 Å². The van der Waals surface area contributed by atoms with Gasteiger partial charge in [0.1, 0.15) is 11.6 Å². The summed E-state index contributed by atoms with van der Waals surface area (Å²) in [5.74, 6) is -1.74. The van der Waals surface area contributed by atoms with E-state index in [4.69, 9.17) is 16.3 Å². The number of ether oxygens (including phenoxy) is 2. The number of carbonyl (C=O) groups excluding carboxylic acids is 2. The lowest BCUT2D eigenvalue weighted by atomic mass is 9.97. The van der Waals surface area contributed by atoms with Crippen LogP contribution in [0.25, 0.3) is 11.1 Å². The predicted octanol–water partition coefficient (Wildman–Crippen LogP) is 4.32. The molecule has 0 bridgehead atoms. The summed E-state index contributed by atoms with van der Waals surface area (Å²) in [4.78, 5) is 27.2. The highest BCUT2D eigenvalue weighted by atomic mass is 35.5. The van der Waals surface area contributed by atoms with Gasteiger partial charge in [0.2, 0.25) is 0 Å². The van der Waals surface area contributed by atoms with Crippen LogP contribution in [0, 0.1) is 5.82 Å². The summed E-state index contributed by atoms with van der Waals surface area (Å²) < 4.78 is 25.4. The number of benzene rings is 2. The lowest BCUT2D eigenvalue weighted by Gasteiger charge is -2.14. The summed E-state index contributed by atoms with van der Waals surface area (Å²) >= 11 is 6.08. The Morgan fingerprint density at radius 3 is 2.62 bits per heavy atom. The minimum absolute atomic E-state index is 0.0771. The highest BCUT2D eigenvalue weighted by Gasteiger charge is 2.17. The Kier molecular flexibility index (Phi) is 7.78. The molecule has 0 saturated carbocycles. The van der Waals surface area contributed by atoms with Gasteiger partial charge in [-0.3, -0.25) is 9.78 Å². The van der Waals surface area contributed by atoms with E-state index in [1.54, 1.807) is 61.7 Å². The largest absolute Gasteiger partial charge is 0.496 e. The minimum Gasteiger partial charge on any atom is -0.496 e. The maximum Gasteiger partial charge on any atom is 0.396 e. The Labute approximate surface area is 190 Å². The number of methoxy groups -OCH3 is 1. The molecule has 3 aromatic rings. The minimum atomic E-state index is -0.936. The van der Waals surface area contributed by atoms with Crippen molar-refractivity contribution in [1.82, 2.24) is 10.3 Å². The van der Waals surface area contributed by atoms with Crippen molar-refractivity contribution in [2.24, 2.45) is 0 Å².